The van der Waals surface area contributed by atoms with Crippen molar-refractivity contribution < 1.29 is 9.47 Å². The largest absolute Gasteiger partial charge is 0.504 e. The van der Waals surface area contributed by atoms with Gasteiger partial charge in [0.15, 0.2) is 0 Å². The fourth-order valence-corrected chi connectivity index (χ4v) is 4.70. The van der Waals surface area contributed by atoms with Crippen LogP contribution in [-0.4, -0.2) is 37.4 Å². The highest BCUT2D eigenvalue weighted by molar-refractivity contribution is 6.76. The van der Waals surface area contributed by atoms with Gasteiger partial charge < -0.3 is 19.4 Å². The molecule has 6 heteroatoms. The standard InChI is InChI=1S/C23H37N3O2Si/c1-18-8-6-7-9-21(18)25-22-19(11-13-27-2)16-24-23-20(22)10-12-26(23)17-28-14-15-29(3,4)5/h10-13,16,18,21H,6-9,14-15,17H2,1-5H3,(H,24,25)/t18-,21+/m1/s1. The number of nitrogens with zero attached hydrogens (tertiary/aromatic N) is 2. The second kappa shape index (κ2) is 9.81. The van der Waals surface area contributed by atoms with E-state index in [-0.39, 0.29) is 0 Å². The van der Waals surface area contributed by atoms with Crippen LogP contribution in [-0.2, 0) is 16.2 Å². The summed E-state index contributed by atoms with van der Waals surface area (Å²) in [5.74, 6) is 0.679. The summed E-state index contributed by atoms with van der Waals surface area (Å²) in [6.45, 7) is 10.9. The number of anilines is 1. The van der Waals surface area contributed by atoms with E-state index in [2.05, 4.69) is 48.7 Å². The topological polar surface area (TPSA) is 48.3 Å². The first kappa shape index (κ1) is 21.9. The zero-order valence-corrected chi connectivity index (χ0v) is 19.7. The Morgan fingerprint density at radius 1 is 1.28 bits per heavy atom. The molecule has 3 rings (SSSR count). The fraction of sp³-hybridized carbons (Fsp3) is 0.609. The van der Waals surface area contributed by atoms with Crippen LogP contribution in [0.4, 0.5) is 5.69 Å². The summed E-state index contributed by atoms with van der Waals surface area (Å²) in [6, 6.07) is 3.84. The van der Waals surface area contributed by atoms with Crippen molar-refractivity contribution in [3.8, 4) is 0 Å². The van der Waals surface area contributed by atoms with Crippen LogP contribution in [0.2, 0.25) is 25.7 Å². The molecule has 1 N–H and O–H groups in total. The predicted molar refractivity (Wildman–Crippen MR) is 125 cm³/mol. The Morgan fingerprint density at radius 2 is 2.07 bits per heavy atom. The quantitative estimate of drug-likeness (QED) is 0.312. The van der Waals surface area contributed by atoms with Crippen LogP contribution in [0.1, 0.15) is 38.2 Å². The van der Waals surface area contributed by atoms with Crippen molar-refractivity contribution in [2.24, 2.45) is 5.92 Å². The molecule has 1 saturated carbocycles. The number of aromatic nitrogens is 2. The van der Waals surface area contributed by atoms with Gasteiger partial charge in [0.25, 0.3) is 0 Å². The minimum Gasteiger partial charge on any atom is -0.504 e. The number of fused-ring (bicyclic) bond motifs is 1. The highest BCUT2D eigenvalue weighted by atomic mass is 28.3. The van der Waals surface area contributed by atoms with Gasteiger partial charge in [-0.2, -0.15) is 0 Å². The SMILES string of the molecule is COC=Cc1cnc2c(ccn2COCC[Si](C)(C)C)c1N[C@H]1CCCC[C@H]1C. The van der Waals surface area contributed by atoms with Crippen molar-refractivity contribution >= 4 is 30.9 Å². The van der Waals surface area contributed by atoms with E-state index in [1.165, 1.54) is 31.7 Å². The molecular weight excluding hydrogens is 378 g/mol. The van der Waals surface area contributed by atoms with Gasteiger partial charge in [-0.25, -0.2) is 4.98 Å². The molecule has 2 atom stereocenters. The normalized spacial score (nSPS) is 20.4. The highest BCUT2D eigenvalue weighted by Gasteiger charge is 2.23. The van der Waals surface area contributed by atoms with E-state index in [1.807, 2.05) is 12.3 Å². The van der Waals surface area contributed by atoms with Gasteiger partial charge in [0.1, 0.15) is 12.4 Å². The van der Waals surface area contributed by atoms with E-state index in [0.717, 1.165) is 28.9 Å². The van der Waals surface area contributed by atoms with Crippen LogP contribution in [0.3, 0.4) is 0 Å². The number of methoxy groups -OCH3 is 1. The molecule has 0 amide bonds. The molecule has 2 heterocycles. The van der Waals surface area contributed by atoms with E-state index >= 15 is 0 Å². The second-order valence-electron chi connectivity index (χ2n) is 9.51. The molecule has 0 aliphatic heterocycles. The lowest BCUT2D eigenvalue weighted by Gasteiger charge is -2.31. The van der Waals surface area contributed by atoms with Crippen molar-refractivity contribution in [3.63, 3.8) is 0 Å². The Balaban J connectivity index is 1.83. The van der Waals surface area contributed by atoms with Gasteiger partial charge in [0, 0.05) is 44.1 Å². The average molecular weight is 416 g/mol. The maximum absolute atomic E-state index is 5.97. The van der Waals surface area contributed by atoms with Crippen LogP contribution < -0.4 is 5.32 Å². The molecule has 0 bridgehead atoms. The molecule has 160 valence electrons. The third-order valence-electron chi connectivity index (χ3n) is 5.87. The van der Waals surface area contributed by atoms with E-state index in [1.54, 1.807) is 13.4 Å². The number of hydrogen-bond donors (Lipinski definition) is 1. The Labute approximate surface area is 176 Å². The smallest absolute Gasteiger partial charge is 0.143 e. The van der Waals surface area contributed by atoms with Crippen LogP contribution in [0.5, 0.6) is 0 Å². The Morgan fingerprint density at radius 3 is 2.79 bits per heavy atom. The first-order valence-corrected chi connectivity index (χ1v) is 14.6. The lowest BCUT2D eigenvalue weighted by molar-refractivity contribution is 0.0899. The summed E-state index contributed by atoms with van der Waals surface area (Å²) in [5.41, 5.74) is 3.19. The van der Waals surface area contributed by atoms with Gasteiger partial charge in [0.2, 0.25) is 0 Å². The van der Waals surface area contributed by atoms with E-state index in [9.17, 15) is 0 Å². The van der Waals surface area contributed by atoms with Crippen molar-refractivity contribution in [3.05, 3.63) is 30.3 Å². The highest BCUT2D eigenvalue weighted by Crippen LogP contribution is 2.33. The fourth-order valence-electron chi connectivity index (χ4n) is 3.94. The van der Waals surface area contributed by atoms with Crippen molar-refractivity contribution in [2.75, 3.05) is 19.0 Å². The van der Waals surface area contributed by atoms with Crippen molar-refractivity contribution in [1.29, 1.82) is 0 Å². The second-order valence-corrected chi connectivity index (χ2v) is 15.1. The minimum atomic E-state index is -1.07. The maximum atomic E-state index is 5.97. The van der Waals surface area contributed by atoms with E-state index < -0.39 is 8.07 Å². The Kier molecular flexibility index (Phi) is 7.41. The monoisotopic (exact) mass is 415 g/mol. The predicted octanol–water partition coefficient (Wildman–Crippen LogP) is 5.96. The van der Waals surface area contributed by atoms with Gasteiger partial charge >= 0.3 is 0 Å². The zero-order chi connectivity index (χ0) is 20.9. The van der Waals surface area contributed by atoms with Crippen molar-refractivity contribution in [1.82, 2.24) is 9.55 Å². The van der Waals surface area contributed by atoms with Gasteiger partial charge in [0.05, 0.1) is 19.1 Å². The first-order valence-electron chi connectivity index (χ1n) is 10.9. The van der Waals surface area contributed by atoms with E-state index in [4.69, 9.17) is 14.5 Å². The summed E-state index contributed by atoms with van der Waals surface area (Å²) >= 11 is 0. The molecule has 0 saturated heterocycles. The third kappa shape index (κ3) is 5.86. The maximum Gasteiger partial charge on any atom is 0.143 e. The third-order valence-corrected chi connectivity index (χ3v) is 7.57. The number of pyridine rings is 1. The van der Waals surface area contributed by atoms with Crippen LogP contribution in [0, 0.1) is 5.92 Å². The number of hydrogen-bond acceptors (Lipinski definition) is 4. The van der Waals surface area contributed by atoms with Crippen LogP contribution in [0.25, 0.3) is 17.1 Å². The molecule has 1 fully saturated rings. The minimum absolute atomic E-state index is 0.500. The van der Waals surface area contributed by atoms with Crippen molar-refractivity contribution in [2.45, 2.75) is 71.1 Å². The van der Waals surface area contributed by atoms with Gasteiger partial charge in [-0.15, -0.1) is 0 Å². The summed E-state index contributed by atoms with van der Waals surface area (Å²) in [5, 5.41) is 5.00. The number of ether oxygens (including phenoxy) is 2. The molecule has 0 spiro atoms. The molecule has 2 aromatic rings. The zero-order valence-electron chi connectivity index (χ0n) is 18.7. The van der Waals surface area contributed by atoms with Crippen LogP contribution in [0.15, 0.2) is 24.7 Å². The summed E-state index contributed by atoms with van der Waals surface area (Å²) in [4.78, 5) is 4.74. The summed E-state index contributed by atoms with van der Waals surface area (Å²) in [7, 11) is 0.600. The number of nitrogens with one attached hydrogen (secondary N) is 1. The Bertz CT molecular complexity index is 825. The van der Waals surface area contributed by atoms with Gasteiger partial charge in [-0.3, -0.25) is 0 Å². The molecule has 0 aromatic carbocycles. The Hall–Kier alpha value is -1.79. The average Bonchev–Trinajstić information content (AvgIpc) is 3.09. The lowest BCUT2D eigenvalue weighted by atomic mass is 9.85. The first-order chi connectivity index (χ1) is 13.9. The molecule has 29 heavy (non-hydrogen) atoms. The molecule has 0 radical (unpaired) electrons. The summed E-state index contributed by atoms with van der Waals surface area (Å²) < 4.78 is 13.2. The number of rotatable bonds is 9. The summed E-state index contributed by atoms with van der Waals surface area (Å²) in [6.07, 6.45) is 12.9. The molecular formula is C23H37N3O2Si. The molecule has 5 nitrogen and oxygen atoms in total. The molecule has 2 aromatic heterocycles. The van der Waals surface area contributed by atoms with Gasteiger partial charge in [-0.05, 0) is 36.9 Å². The van der Waals surface area contributed by atoms with E-state index in [0.29, 0.717) is 18.7 Å². The molecule has 1 aliphatic carbocycles. The molecule has 0 unspecified atom stereocenters. The lowest BCUT2D eigenvalue weighted by Crippen LogP contribution is -2.30. The van der Waals surface area contributed by atoms with Gasteiger partial charge in [-0.1, -0.05) is 39.4 Å². The van der Waals surface area contributed by atoms with Crippen LogP contribution >= 0.6 is 0 Å². The molecule has 1 aliphatic rings.